The molecule has 1 aromatic carbocycles. The lowest BCUT2D eigenvalue weighted by atomic mass is 10.1. The van der Waals surface area contributed by atoms with Crippen molar-refractivity contribution < 1.29 is 24.2 Å². The van der Waals surface area contributed by atoms with Gasteiger partial charge < -0.3 is 19.5 Å². The third kappa shape index (κ3) is 4.75. The average molecular weight is 361 g/mol. The van der Waals surface area contributed by atoms with Crippen molar-refractivity contribution in [2.75, 3.05) is 20.8 Å². The molecule has 1 heterocycles. The first-order valence-electron chi connectivity index (χ1n) is 8.12. The van der Waals surface area contributed by atoms with Crippen LogP contribution in [0.2, 0.25) is 0 Å². The average Bonchev–Trinajstić information content (AvgIpc) is 3.10. The fourth-order valence-electron chi connectivity index (χ4n) is 2.44. The second-order valence-electron chi connectivity index (χ2n) is 6.05. The van der Waals surface area contributed by atoms with Crippen LogP contribution in [-0.2, 0) is 11.3 Å². The van der Waals surface area contributed by atoms with Crippen molar-refractivity contribution in [2.24, 2.45) is 0 Å². The fraction of sp³-hybridized carbons (Fsp3) is 0.389. The lowest BCUT2D eigenvalue weighted by Crippen LogP contribution is -2.35. The Morgan fingerprint density at radius 3 is 2.27 bits per heavy atom. The Morgan fingerprint density at radius 1 is 1.19 bits per heavy atom. The molecule has 0 atom stereocenters. The fourth-order valence-corrected chi connectivity index (χ4v) is 2.44. The van der Waals surface area contributed by atoms with Gasteiger partial charge in [0.05, 0.1) is 14.2 Å². The van der Waals surface area contributed by atoms with Crippen LogP contribution in [0.25, 0.3) is 0 Å². The minimum atomic E-state index is -1.10. The summed E-state index contributed by atoms with van der Waals surface area (Å²) in [6.07, 6.45) is 1.70. The van der Waals surface area contributed by atoms with Crippen LogP contribution in [0.5, 0.6) is 11.5 Å². The maximum Gasteiger partial charge on any atom is 0.323 e. The van der Waals surface area contributed by atoms with E-state index < -0.39 is 18.4 Å². The van der Waals surface area contributed by atoms with Gasteiger partial charge in [-0.05, 0) is 37.6 Å². The van der Waals surface area contributed by atoms with E-state index >= 15 is 0 Å². The minimum Gasteiger partial charge on any atom is -0.497 e. The quantitative estimate of drug-likeness (QED) is 0.775. The number of benzene rings is 1. The van der Waals surface area contributed by atoms with E-state index in [9.17, 15) is 14.7 Å². The van der Waals surface area contributed by atoms with Crippen LogP contribution in [0.3, 0.4) is 0 Å². The Bertz CT molecular complexity index is 763. The number of methoxy groups -OCH3 is 2. The minimum absolute atomic E-state index is 0.0905. The number of carbonyl (C=O) groups excluding carboxylic acids is 1. The van der Waals surface area contributed by atoms with Gasteiger partial charge in [0.1, 0.15) is 23.7 Å². The third-order valence-electron chi connectivity index (χ3n) is 3.75. The number of carbonyl (C=O) groups is 2. The van der Waals surface area contributed by atoms with Gasteiger partial charge >= 0.3 is 5.97 Å². The molecule has 26 heavy (non-hydrogen) atoms. The Morgan fingerprint density at radius 2 is 1.81 bits per heavy atom. The summed E-state index contributed by atoms with van der Waals surface area (Å²) in [7, 11) is 3.05. The van der Waals surface area contributed by atoms with Crippen molar-refractivity contribution in [2.45, 2.75) is 26.4 Å². The number of hydrogen-bond donors (Lipinski definition) is 1. The van der Waals surface area contributed by atoms with Crippen molar-refractivity contribution in [1.29, 1.82) is 0 Å². The standard InChI is InChI=1S/C18H23N3O5/c1-12(2)21-6-5-16(19-21)18(24)20(11-17(22)23)10-13-7-14(25-3)9-15(8-13)26-4/h5-9,12H,10-11H2,1-4H3,(H,22,23). The summed E-state index contributed by atoms with van der Waals surface area (Å²) in [5.74, 6) is -0.428. The molecule has 8 nitrogen and oxygen atoms in total. The molecular weight excluding hydrogens is 338 g/mol. The van der Waals surface area contributed by atoms with Crippen LogP contribution in [0, 0.1) is 0 Å². The highest BCUT2D eigenvalue weighted by Gasteiger charge is 2.22. The number of nitrogens with zero attached hydrogens (tertiary/aromatic N) is 3. The van der Waals surface area contributed by atoms with Gasteiger partial charge in [-0.15, -0.1) is 0 Å². The molecule has 140 valence electrons. The molecule has 0 saturated heterocycles. The molecule has 2 aromatic rings. The number of carboxylic acids is 1. The Balaban J connectivity index is 2.29. The number of aromatic nitrogens is 2. The van der Waals surface area contributed by atoms with Gasteiger partial charge in [0, 0.05) is 24.8 Å². The normalized spacial score (nSPS) is 10.7. The lowest BCUT2D eigenvalue weighted by molar-refractivity contribution is -0.137. The summed E-state index contributed by atoms with van der Waals surface area (Å²) in [5, 5.41) is 13.4. The molecular formula is C18H23N3O5. The number of amides is 1. The van der Waals surface area contributed by atoms with E-state index in [0.717, 1.165) is 0 Å². The second-order valence-corrected chi connectivity index (χ2v) is 6.05. The lowest BCUT2D eigenvalue weighted by Gasteiger charge is -2.20. The number of rotatable bonds is 8. The molecule has 0 saturated carbocycles. The van der Waals surface area contributed by atoms with Crippen molar-refractivity contribution >= 4 is 11.9 Å². The molecule has 0 radical (unpaired) electrons. The van der Waals surface area contributed by atoms with E-state index in [1.807, 2.05) is 13.8 Å². The molecule has 0 aliphatic carbocycles. The predicted octanol–water partition coefficient (Wildman–Crippen LogP) is 2.21. The van der Waals surface area contributed by atoms with E-state index in [0.29, 0.717) is 17.1 Å². The van der Waals surface area contributed by atoms with Crippen LogP contribution in [-0.4, -0.2) is 52.4 Å². The molecule has 0 unspecified atom stereocenters. The highest BCUT2D eigenvalue weighted by Crippen LogP contribution is 2.24. The summed E-state index contributed by atoms with van der Waals surface area (Å²) in [6, 6.07) is 6.86. The van der Waals surface area contributed by atoms with Gasteiger partial charge in [-0.1, -0.05) is 0 Å². The zero-order chi connectivity index (χ0) is 19.3. The van der Waals surface area contributed by atoms with Gasteiger partial charge in [-0.3, -0.25) is 14.3 Å². The van der Waals surface area contributed by atoms with Crippen LogP contribution < -0.4 is 9.47 Å². The zero-order valence-corrected chi connectivity index (χ0v) is 15.3. The maximum atomic E-state index is 12.8. The van der Waals surface area contributed by atoms with Crippen LogP contribution in [0.1, 0.15) is 35.9 Å². The van der Waals surface area contributed by atoms with Gasteiger partial charge in [0.15, 0.2) is 0 Å². The number of hydrogen-bond acceptors (Lipinski definition) is 5. The first kappa shape index (κ1) is 19.3. The first-order chi connectivity index (χ1) is 12.3. The Kier molecular flexibility index (Phi) is 6.21. The zero-order valence-electron chi connectivity index (χ0n) is 15.3. The van der Waals surface area contributed by atoms with Gasteiger partial charge in [0.2, 0.25) is 0 Å². The van der Waals surface area contributed by atoms with Crippen molar-refractivity contribution in [3.05, 3.63) is 41.7 Å². The summed E-state index contributed by atoms with van der Waals surface area (Å²) in [4.78, 5) is 25.2. The third-order valence-corrected chi connectivity index (χ3v) is 3.75. The summed E-state index contributed by atoms with van der Waals surface area (Å²) in [6.45, 7) is 3.54. The molecule has 0 aliphatic rings. The second kappa shape index (κ2) is 8.37. The van der Waals surface area contributed by atoms with Crippen molar-refractivity contribution in [1.82, 2.24) is 14.7 Å². The molecule has 8 heteroatoms. The van der Waals surface area contributed by atoms with Gasteiger partial charge in [-0.2, -0.15) is 5.10 Å². The number of aliphatic carboxylic acids is 1. The SMILES string of the molecule is COc1cc(CN(CC(=O)O)C(=O)c2ccn(C(C)C)n2)cc(OC)c1. The van der Waals surface area contributed by atoms with Crippen molar-refractivity contribution in [3.63, 3.8) is 0 Å². The molecule has 0 fully saturated rings. The van der Waals surface area contributed by atoms with E-state index in [1.54, 1.807) is 35.1 Å². The highest BCUT2D eigenvalue weighted by atomic mass is 16.5. The smallest absolute Gasteiger partial charge is 0.323 e. The summed E-state index contributed by atoms with van der Waals surface area (Å²) < 4.78 is 12.1. The van der Waals surface area contributed by atoms with E-state index in [-0.39, 0.29) is 18.3 Å². The highest BCUT2D eigenvalue weighted by molar-refractivity contribution is 5.94. The summed E-state index contributed by atoms with van der Waals surface area (Å²) in [5.41, 5.74) is 0.897. The van der Waals surface area contributed by atoms with Crippen LogP contribution >= 0.6 is 0 Å². The number of ether oxygens (including phenoxy) is 2. The van der Waals surface area contributed by atoms with Crippen LogP contribution in [0.4, 0.5) is 0 Å². The number of carboxylic acid groups (broad SMARTS) is 1. The van der Waals surface area contributed by atoms with E-state index in [1.165, 1.54) is 19.1 Å². The van der Waals surface area contributed by atoms with E-state index in [2.05, 4.69) is 5.10 Å². The Hall–Kier alpha value is -3.03. The monoisotopic (exact) mass is 361 g/mol. The van der Waals surface area contributed by atoms with E-state index in [4.69, 9.17) is 9.47 Å². The molecule has 1 aromatic heterocycles. The van der Waals surface area contributed by atoms with Gasteiger partial charge in [0.25, 0.3) is 5.91 Å². The topological polar surface area (TPSA) is 93.9 Å². The van der Waals surface area contributed by atoms with Crippen molar-refractivity contribution in [3.8, 4) is 11.5 Å². The maximum absolute atomic E-state index is 12.8. The molecule has 0 spiro atoms. The molecule has 0 aliphatic heterocycles. The molecule has 0 bridgehead atoms. The predicted molar refractivity (Wildman–Crippen MR) is 94.5 cm³/mol. The largest absolute Gasteiger partial charge is 0.497 e. The summed E-state index contributed by atoms with van der Waals surface area (Å²) >= 11 is 0. The first-order valence-corrected chi connectivity index (χ1v) is 8.12. The molecule has 2 rings (SSSR count). The molecule has 1 amide bonds. The molecule has 1 N–H and O–H groups in total. The Labute approximate surface area is 151 Å². The van der Waals surface area contributed by atoms with Gasteiger partial charge in [-0.25, -0.2) is 0 Å². The van der Waals surface area contributed by atoms with Crippen LogP contribution in [0.15, 0.2) is 30.5 Å².